The second-order valence-corrected chi connectivity index (χ2v) is 2.88. The number of halogens is 1. The summed E-state index contributed by atoms with van der Waals surface area (Å²) in [4.78, 5) is 10.6. The molecule has 0 bridgehead atoms. The van der Waals surface area contributed by atoms with Gasteiger partial charge in [0.2, 0.25) is 5.91 Å². The Bertz CT molecular complexity index is 374. The van der Waals surface area contributed by atoms with E-state index < -0.39 is 0 Å². The Hall–Kier alpha value is -1.71. The molecule has 0 spiro atoms. The Kier molecular flexibility index (Phi) is 3.34. The van der Waals surface area contributed by atoms with E-state index in [4.69, 9.17) is 0 Å². The van der Waals surface area contributed by atoms with Crippen molar-refractivity contribution < 1.29 is 9.18 Å². The van der Waals surface area contributed by atoms with Crippen LogP contribution in [0.25, 0.3) is 0 Å². The lowest BCUT2D eigenvalue weighted by Crippen LogP contribution is -2.15. The Morgan fingerprint density at radius 2 is 2.14 bits per heavy atom. The molecule has 3 nitrogen and oxygen atoms in total. The van der Waals surface area contributed by atoms with Crippen molar-refractivity contribution in [3.63, 3.8) is 0 Å². The fraction of sp³-hybridized carbons (Fsp3) is 0.200. The molecule has 1 aromatic carbocycles. The first-order valence-corrected chi connectivity index (χ1v) is 4.16. The molecule has 0 aromatic heterocycles. The molecular formula is C10H11FN2O. The average Bonchev–Trinajstić information content (AvgIpc) is 2.14. The van der Waals surface area contributed by atoms with Gasteiger partial charge in [-0.1, -0.05) is 12.1 Å². The third-order valence-corrected chi connectivity index (χ3v) is 1.62. The van der Waals surface area contributed by atoms with E-state index in [2.05, 4.69) is 10.5 Å². The van der Waals surface area contributed by atoms with Crippen LogP contribution in [-0.4, -0.2) is 11.6 Å². The monoisotopic (exact) mass is 194 g/mol. The van der Waals surface area contributed by atoms with Crippen molar-refractivity contribution in [2.45, 2.75) is 13.8 Å². The number of carbonyl (C=O) groups excluding carboxylic acids is 1. The molecule has 0 aliphatic carbocycles. The maximum absolute atomic E-state index is 12.8. The summed E-state index contributed by atoms with van der Waals surface area (Å²) < 4.78 is 12.8. The number of nitrogens with zero attached hydrogens (tertiary/aromatic N) is 1. The summed E-state index contributed by atoms with van der Waals surface area (Å²) in [6.45, 7) is 3.06. The van der Waals surface area contributed by atoms with Crippen LogP contribution >= 0.6 is 0 Å². The highest BCUT2D eigenvalue weighted by atomic mass is 19.1. The van der Waals surface area contributed by atoms with Crippen molar-refractivity contribution in [1.29, 1.82) is 0 Å². The largest absolute Gasteiger partial charge is 0.274 e. The molecule has 0 heterocycles. The van der Waals surface area contributed by atoms with Crippen molar-refractivity contribution in [3.05, 3.63) is 35.6 Å². The average molecular weight is 194 g/mol. The number of amides is 1. The summed E-state index contributed by atoms with van der Waals surface area (Å²) in [6.07, 6.45) is 0. The van der Waals surface area contributed by atoms with Crippen molar-refractivity contribution in [2.24, 2.45) is 5.10 Å². The normalized spacial score (nSPS) is 11.2. The second kappa shape index (κ2) is 4.50. The van der Waals surface area contributed by atoms with Crippen LogP contribution in [0.3, 0.4) is 0 Å². The molecule has 0 fully saturated rings. The third kappa shape index (κ3) is 2.97. The molecule has 14 heavy (non-hydrogen) atoms. The molecular weight excluding hydrogens is 183 g/mol. The molecule has 0 saturated carbocycles. The molecule has 0 aliphatic heterocycles. The standard InChI is InChI=1S/C10H11FN2O/c1-7(12-13-8(2)14)9-4-3-5-10(11)6-9/h3-6H,1-2H3,(H,13,14). The maximum atomic E-state index is 12.8. The number of rotatable bonds is 2. The maximum Gasteiger partial charge on any atom is 0.236 e. The van der Waals surface area contributed by atoms with Crippen molar-refractivity contribution >= 4 is 11.6 Å². The van der Waals surface area contributed by atoms with Gasteiger partial charge >= 0.3 is 0 Å². The van der Waals surface area contributed by atoms with Gasteiger partial charge < -0.3 is 0 Å². The number of hydrogen-bond donors (Lipinski definition) is 1. The first-order valence-electron chi connectivity index (χ1n) is 4.16. The molecule has 1 rings (SSSR count). The van der Waals surface area contributed by atoms with Crippen LogP contribution in [0.4, 0.5) is 4.39 Å². The number of carbonyl (C=O) groups is 1. The van der Waals surface area contributed by atoms with Crippen LogP contribution in [0.2, 0.25) is 0 Å². The van der Waals surface area contributed by atoms with Gasteiger partial charge in [-0.2, -0.15) is 5.10 Å². The minimum atomic E-state index is -0.320. The van der Waals surface area contributed by atoms with Crippen molar-refractivity contribution in [3.8, 4) is 0 Å². The molecule has 0 unspecified atom stereocenters. The Labute approximate surface area is 81.6 Å². The van der Waals surface area contributed by atoms with E-state index in [0.29, 0.717) is 11.3 Å². The SMILES string of the molecule is CC(=O)NN=C(C)c1cccc(F)c1. The number of hydrazone groups is 1. The minimum absolute atomic E-state index is 0.249. The zero-order valence-electron chi connectivity index (χ0n) is 8.04. The van der Waals surface area contributed by atoms with Crippen LogP contribution in [0, 0.1) is 5.82 Å². The zero-order chi connectivity index (χ0) is 10.6. The van der Waals surface area contributed by atoms with Crippen LogP contribution < -0.4 is 5.43 Å². The minimum Gasteiger partial charge on any atom is -0.274 e. The summed E-state index contributed by atoms with van der Waals surface area (Å²) in [5.74, 6) is -0.569. The van der Waals surface area contributed by atoms with Gasteiger partial charge in [-0.05, 0) is 19.1 Å². The van der Waals surface area contributed by atoms with Crippen molar-refractivity contribution in [2.75, 3.05) is 0 Å². The smallest absolute Gasteiger partial charge is 0.236 e. The number of nitrogens with one attached hydrogen (secondary N) is 1. The van der Waals surface area contributed by atoms with E-state index in [0.717, 1.165) is 0 Å². The molecule has 0 saturated heterocycles. The molecule has 1 N–H and O–H groups in total. The van der Waals surface area contributed by atoms with E-state index in [1.807, 2.05) is 0 Å². The molecule has 0 radical (unpaired) electrons. The van der Waals surface area contributed by atoms with Gasteiger partial charge in [-0.3, -0.25) is 4.79 Å². The first-order chi connectivity index (χ1) is 6.59. The quantitative estimate of drug-likeness (QED) is 0.565. The van der Waals surface area contributed by atoms with Gasteiger partial charge in [0.15, 0.2) is 0 Å². The van der Waals surface area contributed by atoms with Gasteiger partial charge in [0.05, 0.1) is 5.71 Å². The molecule has 0 aliphatic rings. The van der Waals surface area contributed by atoms with Crippen LogP contribution in [0.15, 0.2) is 29.4 Å². The summed E-state index contributed by atoms with van der Waals surface area (Å²) >= 11 is 0. The number of benzene rings is 1. The Balaban J connectivity index is 2.83. The van der Waals surface area contributed by atoms with Crippen molar-refractivity contribution in [1.82, 2.24) is 5.43 Å². The van der Waals surface area contributed by atoms with E-state index >= 15 is 0 Å². The van der Waals surface area contributed by atoms with E-state index in [9.17, 15) is 9.18 Å². The predicted octanol–water partition coefficient (Wildman–Crippen LogP) is 1.69. The van der Waals surface area contributed by atoms with Gasteiger partial charge in [0.25, 0.3) is 0 Å². The Morgan fingerprint density at radius 3 is 2.71 bits per heavy atom. The molecule has 0 atom stereocenters. The summed E-state index contributed by atoms with van der Waals surface area (Å²) in [5.41, 5.74) is 3.51. The van der Waals surface area contributed by atoms with E-state index in [1.165, 1.54) is 19.1 Å². The van der Waals surface area contributed by atoms with Crippen LogP contribution in [0.5, 0.6) is 0 Å². The molecule has 1 amide bonds. The van der Waals surface area contributed by atoms with Gasteiger partial charge in [-0.25, -0.2) is 9.82 Å². The highest BCUT2D eigenvalue weighted by Gasteiger charge is 1.98. The highest BCUT2D eigenvalue weighted by molar-refractivity contribution is 5.99. The van der Waals surface area contributed by atoms with Gasteiger partial charge in [0.1, 0.15) is 5.82 Å². The first kappa shape index (κ1) is 10.4. The molecule has 1 aromatic rings. The molecule has 4 heteroatoms. The van der Waals surface area contributed by atoms with Crippen LogP contribution in [0.1, 0.15) is 19.4 Å². The fourth-order valence-corrected chi connectivity index (χ4v) is 0.941. The Morgan fingerprint density at radius 1 is 1.43 bits per heavy atom. The fourth-order valence-electron chi connectivity index (χ4n) is 0.941. The van der Waals surface area contributed by atoms with Crippen LogP contribution in [-0.2, 0) is 4.79 Å². The lowest BCUT2D eigenvalue weighted by atomic mass is 10.1. The second-order valence-electron chi connectivity index (χ2n) is 2.88. The van der Waals surface area contributed by atoms with E-state index in [1.54, 1.807) is 19.1 Å². The van der Waals surface area contributed by atoms with Gasteiger partial charge in [-0.15, -0.1) is 0 Å². The van der Waals surface area contributed by atoms with Gasteiger partial charge in [0, 0.05) is 12.5 Å². The highest BCUT2D eigenvalue weighted by Crippen LogP contribution is 2.04. The lowest BCUT2D eigenvalue weighted by Gasteiger charge is -2.00. The predicted molar refractivity (Wildman–Crippen MR) is 52.4 cm³/mol. The summed E-state index contributed by atoms with van der Waals surface area (Å²) in [5, 5.41) is 3.79. The molecule has 74 valence electrons. The summed E-state index contributed by atoms with van der Waals surface area (Å²) in [6, 6.07) is 6.04. The number of hydrogen-bond acceptors (Lipinski definition) is 2. The third-order valence-electron chi connectivity index (χ3n) is 1.62. The topological polar surface area (TPSA) is 41.5 Å². The zero-order valence-corrected chi connectivity index (χ0v) is 8.04. The summed E-state index contributed by atoms with van der Waals surface area (Å²) in [7, 11) is 0. The lowest BCUT2D eigenvalue weighted by molar-refractivity contribution is -0.118. The van der Waals surface area contributed by atoms with E-state index in [-0.39, 0.29) is 11.7 Å².